The van der Waals surface area contributed by atoms with Crippen LogP contribution < -0.4 is 0 Å². The van der Waals surface area contributed by atoms with Crippen LogP contribution in [0.25, 0.3) is 0 Å². The van der Waals surface area contributed by atoms with Gasteiger partial charge in [-0.05, 0) is 26.7 Å². The van der Waals surface area contributed by atoms with Gasteiger partial charge in [0.05, 0.1) is 13.2 Å². The predicted molar refractivity (Wildman–Crippen MR) is 50.4 cm³/mol. The van der Waals surface area contributed by atoms with E-state index < -0.39 is 6.48 Å². The lowest BCUT2D eigenvalue weighted by Gasteiger charge is -2.15. The molecule has 0 spiro atoms. The molecule has 1 fully saturated rings. The first-order valence-electron chi connectivity index (χ1n) is 4.81. The third-order valence-electron chi connectivity index (χ3n) is 2.00. The van der Waals surface area contributed by atoms with E-state index in [1.54, 1.807) is 19.9 Å². The van der Waals surface area contributed by atoms with Gasteiger partial charge in [-0.3, -0.25) is 0 Å². The second-order valence-corrected chi connectivity index (χ2v) is 3.11. The number of hydrogen-bond donors (Lipinski definition) is 0. The summed E-state index contributed by atoms with van der Waals surface area (Å²) in [4.78, 5) is 11.3. The van der Waals surface area contributed by atoms with Gasteiger partial charge in [-0.25, -0.2) is 4.79 Å². The molecule has 1 rings (SSSR count). The Morgan fingerprint density at radius 2 is 1.93 bits per heavy atom. The molecule has 0 saturated carbocycles. The smallest absolute Gasteiger partial charge is 0.337 e. The van der Waals surface area contributed by atoms with Gasteiger partial charge in [0.1, 0.15) is 0 Å². The van der Waals surface area contributed by atoms with Crippen molar-refractivity contribution in [3.05, 3.63) is 11.6 Å². The summed E-state index contributed by atoms with van der Waals surface area (Å²) in [6, 6.07) is 0. The Morgan fingerprint density at radius 3 is 2.43 bits per heavy atom. The molecule has 0 N–H and O–H groups in total. The van der Waals surface area contributed by atoms with Gasteiger partial charge in [0.15, 0.2) is 0 Å². The number of carbonyl (C=O) groups is 1. The molecule has 1 saturated heterocycles. The highest BCUT2D eigenvalue weighted by Gasteiger charge is 2.18. The van der Waals surface area contributed by atoms with Crippen LogP contribution in [0.15, 0.2) is 11.6 Å². The van der Waals surface area contributed by atoms with Crippen LogP contribution in [0.1, 0.15) is 26.7 Å². The van der Waals surface area contributed by atoms with Crippen LogP contribution in [0.3, 0.4) is 0 Å². The van der Waals surface area contributed by atoms with Crippen molar-refractivity contribution < 1.29 is 19.0 Å². The van der Waals surface area contributed by atoms with Crippen molar-refractivity contribution in [2.75, 3.05) is 13.2 Å². The van der Waals surface area contributed by atoms with E-state index in [-0.39, 0.29) is 5.97 Å². The number of hydrogen-bond acceptors (Lipinski definition) is 4. The molecule has 0 aromatic rings. The van der Waals surface area contributed by atoms with Crippen molar-refractivity contribution in [2.45, 2.75) is 33.2 Å². The van der Waals surface area contributed by atoms with E-state index in [4.69, 9.17) is 14.2 Å². The molecule has 4 heteroatoms. The van der Waals surface area contributed by atoms with Crippen LogP contribution in [-0.2, 0) is 19.0 Å². The fraction of sp³-hybridized carbons (Fsp3) is 0.700. The van der Waals surface area contributed by atoms with E-state index in [1.807, 2.05) is 0 Å². The van der Waals surface area contributed by atoms with Gasteiger partial charge in [0.2, 0.25) is 0 Å². The largest absolute Gasteiger partial charge is 0.407 e. The summed E-state index contributed by atoms with van der Waals surface area (Å²) < 4.78 is 15.3. The Kier molecular flexibility index (Phi) is 4.62. The SMILES string of the molecule is CC=C(C)C(=O)OC1OCCCCO1. The lowest BCUT2D eigenvalue weighted by Crippen LogP contribution is -2.24. The normalized spacial score (nSPS) is 20.3. The molecule has 0 bridgehead atoms. The van der Waals surface area contributed by atoms with Crippen LogP contribution in [0.4, 0.5) is 0 Å². The van der Waals surface area contributed by atoms with Crippen molar-refractivity contribution in [1.82, 2.24) is 0 Å². The standard InChI is InChI=1S/C10H16O4/c1-3-8(2)9(11)14-10-12-6-4-5-7-13-10/h3,10H,4-7H2,1-2H3. The highest BCUT2D eigenvalue weighted by atomic mass is 16.9. The molecule has 0 unspecified atom stereocenters. The molecule has 0 radical (unpaired) electrons. The van der Waals surface area contributed by atoms with Gasteiger partial charge in [-0.15, -0.1) is 0 Å². The average Bonchev–Trinajstić information content (AvgIpc) is 2.45. The first-order chi connectivity index (χ1) is 6.74. The molecule has 0 aliphatic carbocycles. The van der Waals surface area contributed by atoms with Gasteiger partial charge in [-0.2, -0.15) is 0 Å². The van der Waals surface area contributed by atoms with Gasteiger partial charge in [-0.1, -0.05) is 6.08 Å². The van der Waals surface area contributed by atoms with Gasteiger partial charge >= 0.3 is 12.4 Å². The number of rotatable bonds is 2. The second-order valence-electron chi connectivity index (χ2n) is 3.11. The number of carbonyl (C=O) groups excluding carboxylic acids is 1. The van der Waals surface area contributed by atoms with Crippen molar-refractivity contribution in [3.8, 4) is 0 Å². The Morgan fingerprint density at radius 1 is 1.36 bits per heavy atom. The first-order valence-corrected chi connectivity index (χ1v) is 4.81. The molecule has 1 aliphatic rings. The van der Waals surface area contributed by atoms with Crippen molar-refractivity contribution in [3.63, 3.8) is 0 Å². The minimum atomic E-state index is -0.833. The van der Waals surface area contributed by atoms with Crippen molar-refractivity contribution in [2.24, 2.45) is 0 Å². The van der Waals surface area contributed by atoms with E-state index in [9.17, 15) is 4.79 Å². The quantitative estimate of drug-likeness (QED) is 0.501. The van der Waals surface area contributed by atoms with Crippen LogP contribution in [0, 0.1) is 0 Å². The molecule has 1 heterocycles. The molecular weight excluding hydrogens is 184 g/mol. The van der Waals surface area contributed by atoms with Gasteiger partial charge in [0, 0.05) is 5.57 Å². The molecule has 1 aliphatic heterocycles. The van der Waals surface area contributed by atoms with Crippen molar-refractivity contribution >= 4 is 5.97 Å². The first kappa shape index (κ1) is 11.2. The Bertz CT molecular complexity index is 214. The zero-order valence-electron chi connectivity index (χ0n) is 8.62. The summed E-state index contributed by atoms with van der Waals surface area (Å²) in [6.07, 6.45) is 3.58. The molecular formula is C10H16O4. The lowest BCUT2D eigenvalue weighted by atomic mass is 10.3. The summed E-state index contributed by atoms with van der Waals surface area (Å²) in [5.74, 6) is -0.389. The minimum absolute atomic E-state index is 0.389. The molecule has 0 aromatic heterocycles. The number of esters is 1. The maximum atomic E-state index is 11.3. The fourth-order valence-electron chi connectivity index (χ4n) is 0.978. The zero-order chi connectivity index (χ0) is 10.4. The van der Waals surface area contributed by atoms with E-state index >= 15 is 0 Å². The molecule has 14 heavy (non-hydrogen) atoms. The number of allylic oxidation sites excluding steroid dienone is 1. The van der Waals surface area contributed by atoms with E-state index in [2.05, 4.69) is 0 Å². The molecule has 0 amide bonds. The summed E-state index contributed by atoms with van der Waals surface area (Å²) in [5.41, 5.74) is 0.557. The van der Waals surface area contributed by atoms with Crippen LogP contribution in [0.2, 0.25) is 0 Å². The summed E-state index contributed by atoms with van der Waals surface area (Å²) in [6.45, 7) is 3.80. The zero-order valence-corrected chi connectivity index (χ0v) is 8.62. The van der Waals surface area contributed by atoms with E-state index in [0.29, 0.717) is 18.8 Å². The molecule has 0 atom stereocenters. The third-order valence-corrected chi connectivity index (χ3v) is 2.00. The minimum Gasteiger partial charge on any atom is -0.407 e. The molecule has 4 nitrogen and oxygen atoms in total. The summed E-state index contributed by atoms with van der Waals surface area (Å²) >= 11 is 0. The molecule has 0 aromatic carbocycles. The summed E-state index contributed by atoms with van der Waals surface area (Å²) in [5, 5.41) is 0. The highest BCUT2D eigenvalue weighted by molar-refractivity contribution is 5.87. The maximum absolute atomic E-state index is 11.3. The fourth-order valence-corrected chi connectivity index (χ4v) is 0.978. The van der Waals surface area contributed by atoms with Crippen molar-refractivity contribution in [1.29, 1.82) is 0 Å². The Balaban J connectivity index is 2.38. The van der Waals surface area contributed by atoms with E-state index in [0.717, 1.165) is 12.8 Å². The Labute approximate surface area is 83.8 Å². The number of ether oxygens (including phenoxy) is 3. The summed E-state index contributed by atoms with van der Waals surface area (Å²) in [7, 11) is 0. The van der Waals surface area contributed by atoms with Crippen LogP contribution in [0.5, 0.6) is 0 Å². The van der Waals surface area contributed by atoms with E-state index in [1.165, 1.54) is 0 Å². The second kappa shape index (κ2) is 5.78. The van der Waals surface area contributed by atoms with Crippen LogP contribution >= 0.6 is 0 Å². The van der Waals surface area contributed by atoms with Gasteiger partial charge in [0.25, 0.3) is 0 Å². The maximum Gasteiger partial charge on any atom is 0.337 e. The highest BCUT2D eigenvalue weighted by Crippen LogP contribution is 2.09. The van der Waals surface area contributed by atoms with Gasteiger partial charge < -0.3 is 14.2 Å². The Hall–Kier alpha value is -0.870. The van der Waals surface area contributed by atoms with Crippen LogP contribution in [-0.4, -0.2) is 25.7 Å². The topological polar surface area (TPSA) is 44.8 Å². The third kappa shape index (κ3) is 3.47. The monoisotopic (exact) mass is 200 g/mol. The molecule has 80 valence electrons. The lowest BCUT2D eigenvalue weighted by molar-refractivity contribution is -0.265. The average molecular weight is 200 g/mol. The predicted octanol–water partition coefficient (Wildman–Crippen LogP) is 1.61.